The molecule has 0 spiro atoms. The Morgan fingerprint density at radius 3 is 2.55 bits per heavy atom. The highest BCUT2D eigenvalue weighted by atomic mass is 19.1. The fourth-order valence-corrected chi connectivity index (χ4v) is 8.85. The predicted molar refractivity (Wildman–Crippen MR) is 205 cm³/mol. The Labute approximate surface area is 317 Å². The van der Waals surface area contributed by atoms with Gasteiger partial charge < -0.3 is 24.4 Å². The van der Waals surface area contributed by atoms with Crippen molar-refractivity contribution >= 4 is 27.6 Å². The molecule has 6 aromatic rings. The summed E-state index contributed by atoms with van der Waals surface area (Å²) in [6.07, 6.45) is 11.4. The van der Waals surface area contributed by atoms with Crippen molar-refractivity contribution in [3.8, 4) is 22.9 Å². The molecule has 2 aliphatic carbocycles. The molecule has 55 heavy (non-hydrogen) atoms. The van der Waals surface area contributed by atoms with Crippen LogP contribution in [0.15, 0.2) is 48.9 Å². The summed E-state index contributed by atoms with van der Waals surface area (Å²) < 4.78 is 37.2. The van der Waals surface area contributed by atoms with Crippen molar-refractivity contribution in [3.05, 3.63) is 82.8 Å². The lowest BCUT2D eigenvalue weighted by Crippen LogP contribution is -2.44. The Hall–Kier alpha value is -5.14. The van der Waals surface area contributed by atoms with E-state index >= 15 is 4.39 Å². The quantitative estimate of drug-likeness (QED) is 0.148. The Bertz CT molecular complexity index is 2420. The minimum atomic E-state index is -0.293. The smallest absolute Gasteiger partial charge is 0.319 e. The second-order valence-corrected chi connectivity index (χ2v) is 16.1. The highest BCUT2D eigenvalue weighted by molar-refractivity contribution is 6.06. The van der Waals surface area contributed by atoms with E-state index in [0.29, 0.717) is 78.6 Å². The molecule has 282 valence electrons. The lowest BCUT2D eigenvalue weighted by Gasteiger charge is -2.31. The Morgan fingerprint density at radius 1 is 0.945 bits per heavy atom. The standard InChI is InChI=1S/C42H44FN9O3/c1-23-34(43)17-35-33(19-46-49-35)37(23)38-31(26-6-7-26)16-32-39(40(38)54-21-25-4-2-24(3-5-25)14-36-45-22-52(50-36)28-8-9-28)47-42(55-30-10-12-53-13-11-30)48-41(32)51-20-27-15-29(51)18-44-27/h2-5,16-17,19,22,26-30,44H,6-15,18,20-21H2,1H3,(H,46,49)/t27-,29-/m0/s1. The molecule has 3 aromatic carbocycles. The maximum absolute atomic E-state index is 15.9. The molecule has 3 aliphatic heterocycles. The molecule has 11 rings (SSSR count). The zero-order valence-electron chi connectivity index (χ0n) is 30.9. The number of hydrogen-bond donors (Lipinski definition) is 2. The zero-order chi connectivity index (χ0) is 36.6. The van der Waals surface area contributed by atoms with Gasteiger partial charge in [0.15, 0.2) is 11.6 Å². The summed E-state index contributed by atoms with van der Waals surface area (Å²) in [4.78, 5) is 17.4. The summed E-state index contributed by atoms with van der Waals surface area (Å²) in [5.74, 6) is 2.35. The molecule has 2 N–H and O–H groups in total. The first-order valence-electron chi connectivity index (χ1n) is 19.9. The van der Waals surface area contributed by atoms with Crippen molar-refractivity contribution in [1.82, 2.24) is 40.2 Å². The molecule has 2 bridgehead atoms. The van der Waals surface area contributed by atoms with Crippen LogP contribution in [0, 0.1) is 12.7 Å². The Kier molecular flexibility index (Phi) is 8.01. The van der Waals surface area contributed by atoms with Gasteiger partial charge in [-0.2, -0.15) is 20.2 Å². The summed E-state index contributed by atoms with van der Waals surface area (Å²) in [5.41, 5.74) is 6.82. The maximum atomic E-state index is 15.9. The van der Waals surface area contributed by atoms with Crippen LogP contribution in [0.4, 0.5) is 10.2 Å². The topological polar surface area (TPSA) is 128 Å². The van der Waals surface area contributed by atoms with Crippen molar-refractivity contribution in [3.63, 3.8) is 0 Å². The summed E-state index contributed by atoms with van der Waals surface area (Å²) in [7, 11) is 0. The van der Waals surface area contributed by atoms with E-state index in [4.69, 9.17) is 29.3 Å². The largest absolute Gasteiger partial charge is 0.486 e. The number of aromatic nitrogens is 7. The fraction of sp³-hybridized carbons (Fsp3) is 0.452. The summed E-state index contributed by atoms with van der Waals surface area (Å²) >= 11 is 0. The molecule has 0 unspecified atom stereocenters. The van der Waals surface area contributed by atoms with Crippen molar-refractivity contribution in [2.75, 3.05) is 31.2 Å². The number of hydrogen-bond acceptors (Lipinski definition) is 10. The normalized spacial score (nSPS) is 21.3. The van der Waals surface area contributed by atoms with Crippen LogP contribution in [0.25, 0.3) is 32.9 Å². The number of fused-ring (bicyclic) bond motifs is 4. The number of piperazine rings is 1. The van der Waals surface area contributed by atoms with Crippen LogP contribution in [0.3, 0.4) is 0 Å². The van der Waals surface area contributed by atoms with Gasteiger partial charge in [-0.3, -0.25) is 5.10 Å². The zero-order valence-corrected chi connectivity index (χ0v) is 30.9. The molecule has 3 saturated heterocycles. The molecule has 12 nitrogen and oxygen atoms in total. The average Bonchev–Trinajstić information content (AvgIpc) is 4.03. The van der Waals surface area contributed by atoms with E-state index in [1.54, 1.807) is 6.20 Å². The average molecular weight is 742 g/mol. The second-order valence-electron chi connectivity index (χ2n) is 16.1. The van der Waals surface area contributed by atoms with Crippen LogP contribution in [0.5, 0.6) is 11.8 Å². The second kappa shape index (κ2) is 13.3. The highest BCUT2D eigenvalue weighted by Gasteiger charge is 2.41. The van der Waals surface area contributed by atoms with Crippen LogP contribution in [-0.2, 0) is 17.8 Å². The van der Waals surface area contributed by atoms with E-state index in [-0.39, 0.29) is 11.9 Å². The number of anilines is 1. The third-order valence-electron chi connectivity index (χ3n) is 12.2. The third-order valence-corrected chi connectivity index (χ3v) is 12.2. The van der Waals surface area contributed by atoms with Crippen LogP contribution in [0.2, 0.25) is 0 Å². The molecule has 0 amide bonds. The number of rotatable bonds is 11. The van der Waals surface area contributed by atoms with Gasteiger partial charge in [-0.05, 0) is 79.3 Å². The Balaban J connectivity index is 1.05. The SMILES string of the molecule is Cc1c(F)cc2[nH]ncc2c1-c1c(C2CC2)cc2c(N3C[C@@H]4C[C@H]3CN4)nc(OC3CCOCC3)nc2c1OCc1ccc(Cc2ncn(C3CC3)n2)cc1. The van der Waals surface area contributed by atoms with Crippen molar-refractivity contribution in [2.24, 2.45) is 0 Å². The molecule has 5 fully saturated rings. The molecule has 2 atom stereocenters. The highest BCUT2D eigenvalue weighted by Crippen LogP contribution is 2.53. The van der Waals surface area contributed by atoms with Crippen LogP contribution >= 0.6 is 0 Å². The maximum Gasteiger partial charge on any atom is 0.319 e. The molecule has 13 heteroatoms. The first-order chi connectivity index (χ1) is 27.0. The lowest BCUT2D eigenvalue weighted by molar-refractivity contribution is 0.0219. The summed E-state index contributed by atoms with van der Waals surface area (Å²) in [5, 5.41) is 17.5. The van der Waals surface area contributed by atoms with Gasteiger partial charge in [-0.15, -0.1) is 0 Å². The number of aromatic amines is 1. The fourth-order valence-electron chi connectivity index (χ4n) is 8.85. The molecule has 6 heterocycles. The Morgan fingerprint density at radius 2 is 1.78 bits per heavy atom. The van der Waals surface area contributed by atoms with Crippen LogP contribution in [-0.4, -0.2) is 79.4 Å². The monoisotopic (exact) mass is 741 g/mol. The number of benzene rings is 3. The minimum absolute atomic E-state index is 0.0440. The molecule has 0 radical (unpaired) electrons. The van der Waals surface area contributed by atoms with E-state index in [2.05, 4.69) is 55.7 Å². The summed E-state index contributed by atoms with van der Waals surface area (Å²) in [6, 6.07) is 13.9. The van der Waals surface area contributed by atoms with E-state index < -0.39 is 0 Å². The van der Waals surface area contributed by atoms with E-state index in [1.165, 1.54) is 18.9 Å². The van der Waals surface area contributed by atoms with E-state index in [9.17, 15) is 0 Å². The minimum Gasteiger partial charge on any atom is -0.486 e. The van der Waals surface area contributed by atoms with Gasteiger partial charge in [-0.25, -0.2) is 14.1 Å². The number of ether oxygens (including phenoxy) is 3. The first kappa shape index (κ1) is 33.2. The molecule has 3 aromatic heterocycles. The number of halogens is 1. The van der Waals surface area contributed by atoms with Gasteiger partial charge in [0.2, 0.25) is 0 Å². The molecular formula is C42H44FN9O3. The van der Waals surface area contributed by atoms with Crippen molar-refractivity contribution in [1.29, 1.82) is 0 Å². The van der Waals surface area contributed by atoms with Gasteiger partial charge in [0.05, 0.1) is 31.0 Å². The number of nitrogens with zero attached hydrogens (tertiary/aromatic N) is 7. The molecular weight excluding hydrogens is 698 g/mol. The molecule has 5 aliphatic rings. The van der Waals surface area contributed by atoms with E-state index in [0.717, 1.165) is 95.4 Å². The first-order valence-corrected chi connectivity index (χ1v) is 19.9. The number of H-pyrrole nitrogens is 1. The third kappa shape index (κ3) is 6.17. The van der Waals surface area contributed by atoms with Crippen molar-refractivity contribution < 1.29 is 18.6 Å². The van der Waals surface area contributed by atoms with Crippen LogP contribution in [0.1, 0.15) is 85.0 Å². The number of nitrogens with one attached hydrogen (secondary N) is 2. The van der Waals surface area contributed by atoms with Gasteiger partial charge in [-0.1, -0.05) is 24.3 Å². The van der Waals surface area contributed by atoms with E-state index in [1.807, 2.05) is 17.9 Å². The van der Waals surface area contributed by atoms with Gasteiger partial charge in [0, 0.05) is 66.3 Å². The molecule has 2 saturated carbocycles. The van der Waals surface area contributed by atoms with Crippen molar-refractivity contribution in [2.45, 2.75) is 95.0 Å². The van der Waals surface area contributed by atoms with Crippen LogP contribution < -0.4 is 19.7 Å². The van der Waals surface area contributed by atoms with Gasteiger partial charge >= 0.3 is 6.01 Å². The lowest BCUT2D eigenvalue weighted by atomic mass is 9.88. The predicted octanol–water partition coefficient (Wildman–Crippen LogP) is 6.70. The summed E-state index contributed by atoms with van der Waals surface area (Å²) in [6.45, 7) is 5.22. The van der Waals surface area contributed by atoms with Gasteiger partial charge in [0.25, 0.3) is 0 Å². The van der Waals surface area contributed by atoms with Gasteiger partial charge in [0.1, 0.15) is 36.2 Å².